The summed E-state index contributed by atoms with van der Waals surface area (Å²) in [7, 11) is 0. The zero-order valence-corrected chi connectivity index (χ0v) is 8.59. The summed E-state index contributed by atoms with van der Waals surface area (Å²) >= 11 is 0. The van der Waals surface area contributed by atoms with Crippen molar-refractivity contribution >= 4 is 0 Å². The average molecular weight is 220 g/mol. The molecule has 1 unspecified atom stereocenters. The van der Waals surface area contributed by atoms with Crippen LogP contribution in [0.3, 0.4) is 0 Å². The molecule has 0 aliphatic carbocycles. The molecule has 1 rings (SSSR count). The summed E-state index contributed by atoms with van der Waals surface area (Å²) < 4.78 is 37.2. The zero-order valence-electron chi connectivity index (χ0n) is 8.59. The first kappa shape index (κ1) is 12.1. The smallest absolute Gasteiger partial charge is 0.345 e. The summed E-state index contributed by atoms with van der Waals surface area (Å²) in [5, 5.41) is 0. The lowest BCUT2D eigenvalue weighted by atomic mass is 10.1. The molecule has 1 aromatic heterocycles. The molecule has 0 aliphatic rings. The van der Waals surface area contributed by atoms with Crippen molar-refractivity contribution in [3.05, 3.63) is 24.0 Å². The molecule has 0 fully saturated rings. The van der Waals surface area contributed by atoms with Gasteiger partial charge in [0, 0.05) is 18.4 Å². The SMILES string of the molecule is CCC(N)Cc1ccn(CC(F)(F)F)c1. The molecule has 1 heterocycles. The van der Waals surface area contributed by atoms with Crippen molar-refractivity contribution in [2.24, 2.45) is 5.73 Å². The van der Waals surface area contributed by atoms with Crippen molar-refractivity contribution < 1.29 is 13.2 Å². The number of alkyl halides is 3. The van der Waals surface area contributed by atoms with Crippen LogP contribution in [0.2, 0.25) is 0 Å². The van der Waals surface area contributed by atoms with E-state index in [-0.39, 0.29) is 6.04 Å². The van der Waals surface area contributed by atoms with E-state index in [0.717, 1.165) is 16.6 Å². The molecular formula is C10H15F3N2. The molecule has 15 heavy (non-hydrogen) atoms. The molecule has 0 saturated carbocycles. The summed E-state index contributed by atoms with van der Waals surface area (Å²) in [4.78, 5) is 0. The highest BCUT2D eigenvalue weighted by Crippen LogP contribution is 2.18. The number of hydrogen-bond acceptors (Lipinski definition) is 1. The number of aromatic nitrogens is 1. The van der Waals surface area contributed by atoms with Gasteiger partial charge in [-0.05, 0) is 24.5 Å². The lowest BCUT2D eigenvalue weighted by Crippen LogP contribution is -2.21. The summed E-state index contributed by atoms with van der Waals surface area (Å²) in [5.41, 5.74) is 6.57. The second-order valence-electron chi connectivity index (χ2n) is 3.68. The molecule has 2 N–H and O–H groups in total. The molecule has 0 spiro atoms. The van der Waals surface area contributed by atoms with Gasteiger partial charge in [0.15, 0.2) is 0 Å². The normalized spacial score (nSPS) is 14.2. The number of nitrogens with zero attached hydrogens (tertiary/aromatic N) is 1. The van der Waals surface area contributed by atoms with E-state index in [0.29, 0.717) is 6.42 Å². The molecular weight excluding hydrogens is 205 g/mol. The van der Waals surface area contributed by atoms with Crippen molar-refractivity contribution in [1.82, 2.24) is 4.57 Å². The van der Waals surface area contributed by atoms with Gasteiger partial charge < -0.3 is 10.3 Å². The summed E-state index contributed by atoms with van der Waals surface area (Å²) in [5.74, 6) is 0. The van der Waals surface area contributed by atoms with Crippen LogP contribution in [0.5, 0.6) is 0 Å². The monoisotopic (exact) mass is 220 g/mol. The van der Waals surface area contributed by atoms with E-state index >= 15 is 0 Å². The Morgan fingerprint density at radius 3 is 2.67 bits per heavy atom. The van der Waals surface area contributed by atoms with E-state index in [1.165, 1.54) is 12.4 Å². The third-order valence-corrected chi connectivity index (χ3v) is 2.20. The van der Waals surface area contributed by atoms with Gasteiger partial charge in [-0.15, -0.1) is 0 Å². The molecule has 0 saturated heterocycles. The first-order valence-electron chi connectivity index (χ1n) is 4.87. The van der Waals surface area contributed by atoms with Gasteiger partial charge >= 0.3 is 6.18 Å². The minimum absolute atomic E-state index is 0.0201. The van der Waals surface area contributed by atoms with E-state index in [1.807, 2.05) is 6.92 Å². The predicted octanol–water partition coefficient (Wildman–Crippen LogP) is 2.33. The average Bonchev–Trinajstić information content (AvgIpc) is 2.49. The fourth-order valence-corrected chi connectivity index (χ4v) is 1.36. The first-order valence-corrected chi connectivity index (χ1v) is 4.87. The lowest BCUT2D eigenvalue weighted by molar-refractivity contribution is -0.140. The second-order valence-corrected chi connectivity index (χ2v) is 3.68. The molecule has 0 radical (unpaired) electrons. The lowest BCUT2D eigenvalue weighted by Gasteiger charge is -2.08. The van der Waals surface area contributed by atoms with Gasteiger partial charge in [0.1, 0.15) is 6.54 Å². The molecule has 1 atom stereocenters. The van der Waals surface area contributed by atoms with Crippen LogP contribution in [-0.2, 0) is 13.0 Å². The second kappa shape index (κ2) is 4.70. The Kier molecular flexibility index (Phi) is 3.79. The molecule has 0 amide bonds. The minimum Gasteiger partial charge on any atom is -0.345 e. The van der Waals surface area contributed by atoms with E-state index in [4.69, 9.17) is 5.73 Å². The van der Waals surface area contributed by atoms with Gasteiger partial charge in [-0.2, -0.15) is 13.2 Å². The highest BCUT2D eigenvalue weighted by molar-refractivity contribution is 5.11. The Balaban J connectivity index is 2.56. The van der Waals surface area contributed by atoms with Crippen molar-refractivity contribution in [2.75, 3.05) is 0 Å². The molecule has 0 bridgehead atoms. The molecule has 1 aromatic rings. The Bertz CT molecular complexity index is 304. The number of nitrogens with two attached hydrogens (primary N) is 1. The largest absolute Gasteiger partial charge is 0.406 e. The van der Waals surface area contributed by atoms with Crippen LogP contribution in [-0.4, -0.2) is 16.8 Å². The van der Waals surface area contributed by atoms with Gasteiger partial charge in [-0.25, -0.2) is 0 Å². The van der Waals surface area contributed by atoms with Gasteiger partial charge in [0.2, 0.25) is 0 Å². The molecule has 86 valence electrons. The van der Waals surface area contributed by atoms with Gasteiger partial charge in [0.25, 0.3) is 0 Å². The fraction of sp³-hybridized carbons (Fsp3) is 0.600. The standard InChI is InChI=1S/C10H15F3N2/c1-2-9(14)5-8-3-4-15(6-8)7-10(11,12)13/h3-4,6,9H,2,5,7,14H2,1H3. The Labute approximate surface area is 86.9 Å². The van der Waals surface area contributed by atoms with Crippen molar-refractivity contribution in [3.8, 4) is 0 Å². The molecule has 0 aliphatic heterocycles. The maximum atomic E-state index is 12.0. The van der Waals surface area contributed by atoms with Crippen molar-refractivity contribution in [3.63, 3.8) is 0 Å². The van der Waals surface area contributed by atoms with E-state index in [2.05, 4.69) is 0 Å². The zero-order chi connectivity index (χ0) is 11.5. The highest BCUT2D eigenvalue weighted by atomic mass is 19.4. The van der Waals surface area contributed by atoms with Crippen molar-refractivity contribution in [2.45, 2.75) is 38.5 Å². The summed E-state index contributed by atoms with van der Waals surface area (Å²) in [6.45, 7) is 1.02. The first-order chi connectivity index (χ1) is 6.90. The maximum absolute atomic E-state index is 12.0. The topological polar surface area (TPSA) is 30.9 Å². The summed E-state index contributed by atoms with van der Waals surface area (Å²) in [6.07, 6.45) is 0.225. The maximum Gasteiger partial charge on any atom is 0.406 e. The predicted molar refractivity (Wildman–Crippen MR) is 52.5 cm³/mol. The summed E-state index contributed by atoms with van der Waals surface area (Å²) in [6, 6.07) is 1.70. The van der Waals surface area contributed by atoms with Gasteiger partial charge in [-0.3, -0.25) is 0 Å². The van der Waals surface area contributed by atoms with Crippen molar-refractivity contribution in [1.29, 1.82) is 0 Å². The highest BCUT2D eigenvalue weighted by Gasteiger charge is 2.27. The third kappa shape index (κ3) is 4.38. The van der Waals surface area contributed by atoms with Crippen LogP contribution in [0.25, 0.3) is 0 Å². The van der Waals surface area contributed by atoms with Crippen LogP contribution in [0.4, 0.5) is 13.2 Å². The van der Waals surface area contributed by atoms with E-state index in [1.54, 1.807) is 6.07 Å². The number of hydrogen-bond donors (Lipinski definition) is 1. The Hall–Kier alpha value is -0.970. The minimum atomic E-state index is -4.16. The van der Waals surface area contributed by atoms with Crippen LogP contribution in [0.15, 0.2) is 18.5 Å². The van der Waals surface area contributed by atoms with Crippen LogP contribution < -0.4 is 5.73 Å². The number of rotatable bonds is 4. The van der Waals surface area contributed by atoms with E-state index in [9.17, 15) is 13.2 Å². The quantitative estimate of drug-likeness (QED) is 0.829. The van der Waals surface area contributed by atoms with Gasteiger partial charge in [-0.1, -0.05) is 6.92 Å². The molecule has 5 heteroatoms. The third-order valence-electron chi connectivity index (χ3n) is 2.20. The Morgan fingerprint density at radius 1 is 1.47 bits per heavy atom. The van der Waals surface area contributed by atoms with Crippen LogP contribution in [0, 0.1) is 0 Å². The fourth-order valence-electron chi connectivity index (χ4n) is 1.36. The molecule has 2 nitrogen and oxygen atoms in total. The van der Waals surface area contributed by atoms with Crippen LogP contribution >= 0.6 is 0 Å². The Morgan fingerprint density at radius 2 is 2.13 bits per heavy atom. The van der Waals surface area contributed by atoms with E-state index < -0.39 is 12.7 Å². The molecule has 0 aromatic carbocycles. The van der Waals surface area contributed by atoms with Gasteiger partial charge in [0.05, 0.1) is 0 Å². The van der Waals surface area contributed by atoms with Crippen LogP contribution in [0.1, 0.15) is 18.9 Å². The number of halogens is 3.